The van der Waals surface area contributed by atoms with Crippen LogP contribution in [0.5, 0.6) is 11.5 Å². The van der Waals surface area contributed by atoms with Crippen LogP contribution in [0.4, 0.5) is 26.3 Å². The maximum Gasteiger partial charge on any atom is 0.573 e. The third-order valence-corrected chi connectivity index (χ3v) is 2.56. The van der Waals surface area contributed by atoms with Crippen LogP contribution in [0.25, 0.3) is 0 Å². The Morgan fingerprint density at radius 1 is 0.957 bits per heavy atom. The summed E-state index contributed by atoms with van der Waals surface area (Å²) in [6.45, 7) is 3.38. The van der Waals surface area contributed by atoms with Crippen molar-refractivity contribution < 1.29 is 45.9 Å². The van der Waals surface area contributed by atoms with Gasteiger partial charge in [0.1, 0.15) is 0 Å². The summed E-state index contributed by atoms with van der Waals surface area (Å²) in [5.41, 5.74) is -0.392. The van der Waals surface area contributed by atoms with E-state index in [0.29, 0.717) is 12.1 Å². The first-order valence-corrected chi connectivity index (χ1v) is 6.33. The lowest BCUT2D eigenvalue weighted by molar-refractivity contribution is -0.287. The Morgan fingerprint density at radius 3 is 1.74 bits per heavy atom. The Bertz CT molecular complexity index is 542. The molecule has 1 rings (SSSR count). The predicted molar refractivity (Wildman–Crippen MR) is 68.2 cm³/mol. The molecule has 11 heteroatoms. The molecule has 0 aliphatic rings. The van der Waals surface area contributed by atoms with Gasteiger partial charge in [-0.25, -0.2) is 0 Å². The lowest BCUT2D eigenvalue weighted by Crippen LogP contribution is -2.34. The largest absolute Gasteiger partial charge is 0.573 e. The Morgan fingerprint density at radius 2 is 1.39 bits per heavy atom. The van der Waals surface area contributed by atoms with Gasteiger partial charge in [0.15, 0.2) is 11.5 Å². The summed E-state index contributed by atoms with van der Waals surface area (Å²) >= 11 is 0. The minimum absolute atomic E-state index is 0.00349. The average molecular weight is 346 g/mol. The molecule has 0 radical (unpaired) electrons. The SMILES string of the molecule is CC(C)Cc1cc(OC(F)(F)F)c(OC(F)(F)F)cc1B(O)O. The molecule has 1 aromatic carbocycles. The van der Waals surface area contributed by atoms with Gasteiger partial charge in [0, 0.05) is 0 Å². The summed E-state index contributed by atoms with van der Waals surface area (Å²) in [6, 6.07) is 1.13. The molecule has 130 valence electrons. The topological polar surface area (TPSA) is 58.9 Å². The van der Waals surface area contributed by atoms with E-state index in [1.54, 1.807) is 13.8 Å². The standard InChI is InChI=1S/C12H13BF6O4/c1-6(2)3-7-4-9(22-11(14,15)16)10(23-12(17,18)19)5-8(7)13(20)21/h4-6,20-21H,3H2,1-2H3. The third-order valence-electron chi connectivity index (χ3n) is 2.56. The van der Waals surface area contributed by atoms with E-state index in [-0.39, 0.29) is 17.9 Å². The maximum atomic E-state index is 12.3. The lowest BCUT2D eigenvalue weighted by Gasteiger charge is -2.19. The van der Waals surface area contributed by atoms with Crippen LogP contribution in [0.2, 0.25) is 0 Å². The fourth-order valence-electron chi connectivity index (χ4n) is 1.88. The van der Waals surface area contributed by atoms with Crippen molar-refractivity contribution >= 4 is 12.6 Å². The van der Waals surface area contributed by atoms with E-state index in [4.69, 9.17) is 0 Å². The van der Waals surface area contributed by atoms with Crippen LogP contribution in [0.15, 0.2) is 12.1 Å². The van der Waals surface area contributed by atoms with Gasteiger partial charge in [-0.1, -0.05) is 13.8 Å². The van der Waals surface area contributed by atoms with Crippen LogP contribution >= 0.6 is 0 Å². The summed E-state index contributed by atoms with van der Waals surface area (Å²) in [6.07, 6.45) is -10.4. The zero-order valence-corrected chi connectivity index (χ0v) is 12.0. The molecule has 0 bridgehead atoms. The van der Waals surface area contributed by atoms with E-state index in [2.05, 4.69) is 9.47 Å². The van der Waals surface area contributed by atoms with Crippen LogP contribution in [-0.4, -0.2) is 29.9 Å². The first-order chi connectivity index (χ1) is 10.3. The molecule has 1 aromatic rings. The number of halogens is 6. The Labute approximate surface area is 127 Å². The zero-order chi connectivity index (χ0) is 18.0. The van der Waals surface area contributed by atoms with E-state index in [0.717, 1.165) is 0 Å². The van der Waals surface area contributed by atoms with Gasteiger partial charge < -0.3 is 19.5 Å². The van der Waals surface area contributed by atoms with Crippen molar-refractivity contribution in [2.75, 3.05) is 0 Å². The van der Waals surface area contributed by atoms with Crippen molar-refractivity contribution in [1.29, 1.82) is 0 Å². The molecule has 23 heavy (non-hydrogen) atoms. The molecule has 0 saturated heterocycles. The summed E-state index contributed by atoms with van der Waals surface area (Å²) in [5.74, 6) is -2.64. The van der Waals surface area contributed by atoms with E-state index in [9.17, 15) is 36.4 Å². The van der Waals surface area contributed by atoms with Crippen LogP contribution in [0, 0.1) is 5.92 Å². The van der Waals surface area contributed by atoms with E-state index in [1.807, 2.05) is 0 Å². The summed E-state index contributed by atoms with van der Waals surface area (Å²) in [7, 11) is -2.18. The van der Waals surface area contributed by atoms with Gasteiger partial charge in [0.25, 0.3) is 0 Å². The van der Waals surface area contributed by atoms with Crippen molar-refractivity contribution in [3.63, 3.8) is 0 Å². The molecule has 4 nitrogen and oxygen atoms in total. The van der Waals surface area contributed by atoms with Crippen molar-refractivity contribution in [3.8, 4) is 11.5 Å². The second kappa shape index (κ2) is 6.87. The molecular formula is C12H13BF6O4. The minimum Gasteiger partial charge on any atom is -0.423 e. The highest BCUT2D eigenvalue weighted by Gasteiger charge is 2.37. The lowest BCUT2D eigenvalue weighted by atomic mass is 9.75. The molecule has 0 fully saturated rings. The van der Waals surface area contributed by atoms with Gasteiger partial charge in [-0.05, 0) is 35.5 Å². The van der Waals surface area contributed by atoms with Crippen molar-refractivity contribution in [2.45, 2.75) is 33.0 Å². The molecule has 0 spiro atoms. The molecule has 0 atom stereocenters. The monoisotopic (exact) mass is 346 g/mol. The number of hydrogen-bond donors (Lipinski definition) is 2. The highest BCUT2D eigenvalue weighted by Crippen LogP contribution is 2.36. The predicted octanol–water partition coefficient (Wildman–Crippen LogP) is 2.36. The van der Waals surface area contributed by atoms with Gasteiger partial charge in [-0.15, -0.1) is 26.3 Å². The van der Waals surface area contributed by atoms with Crippen LogP contribution in [-0.2, 0) is 6.42 Å². The molecular weight excluding hydrogens is 333 g/mol. The fourth-order valence-corrected chi connectivity index (χ4v) is 1.88. The molecule has 0 aromatic heterocycles. The van der Waals surface area contributed by atoms with E-state index < -0.39 is 36.8 Å². The Balaban J connectivity index is 3.42. The smallest absolute Gasteiger partial charge is 0.423 e. The molecule has 0 amide bonds. The van der Waals surface area contributed by atoms with Gasteiger partial charge in [0.2, 0.25) is 0 Å². The van der Waals surface area contributed by atoms with Gasteiger partial charge in [-0.3, -0.25) is 0 Å². The Hall–Kier alpha value is -1.62. The second-order valence-corrected chi connectivity index (χ2v) is 5.07. The molecule has 0 heterocycles. The molecule has 0 aliphatic heterocycles. The third kappa shape index (κ3) is 6.57. The number of benzene rings is 1. The number of alkyl halides is 6. The van der Waals surface area contributed by atoms with Crippen LogP contribution in [0.3, 0.4) is 0 Å². The number of rotatable bonds is 5. The van der Waals surface area contributed by atoms with Gasteiger partial charge in [-0.2, -0.15) is 0 Å². The van der Waals surface area contributed by atoms with Crippen LogP contribution in [0.1, 0.15) is 19.4 Å². The highest BCUT2D eigenvalue weighted by atomic mass is 19.4. The van der Waals surface area contributed by atoms with Crippen molar-refractivity contribution in [2.24, 2.45) is 5.92 Å². The summed E-state index contributed by atoms with van der Waals surface area (Å²) < 4.78 is 81.0. The normalized spacial score (nSPS) is 12.5. The zero-order valence-electron chi connectivity index (χ0n) is 12.0. The van der Waals surface area contributed by atoms with Gasteiger partial charge in [0.05, 0.1) is 0 Å². The maximum absolute atomic E-state index is 12.3. The minimum atomic E-state index is -5.28. The second-order valence-electron chi connectivity index (χ2n) is 5.07. The molecule has 0 aliphatic carbocycles. The number of hydrogen-bond acceptors (Lipinski definition) is 4. The van der Waals surface area contributed by atoms with Crippen molar-refractivity contribution in [1.82, 2.24) is 0 Å². The summed E-state index contributed by atoms with van der Waals surface area (Å²) in [4.78, 5) is 0. The first-order valence-electron chi connectivity index (χ1n) is 6.33. The van der Waals surface area contributed by atoms with E-state index >= 15 is 0 Å². The highest BCUT2D eigenvalue weighted by molar-refractivity contribution is 6.59. The summed E-state index contributed by atoms with van der Waals surface area (Å²) in [5, 5.41) is 18.4. The Kier molecular flexibility index (Phi) is 5.81. The number of ether oxygens (including phenoxy) is 2. The van der Waals surface area contributed by atoms with Crippen LogP contribution < -0.4 is 14.9 Å². The van der Waals surface area contributed by atoms with Crippen molar-refractivity contribution in [3.05, 3.63) is 17.7 Å². The molecule has 0 unspecified atom stereocenters. The molecule has 2 N–H and O–H groups in total. The fraction of sp³-hybridized carbons (Fsp3) is 0.500. The van der Waals surface area contributed by atoms with E-state index in [1.165, 1.54) is 0 Å². The molecule has 0 saturated carbocycles. The quantitative estimate of drug-likeness (QED) is 0.635. The average Bonchev–Trinajstić information content (AvgIpc) is 2.27. The first kappa shape index (κ1) is 19.4. The van der Waals surface area contributed by atoms with Gasteiger partial charge >= 0.3 is 19.8 Å².